The number of sulfone groups is 1. The van der Waals surface area contributed by atoms with Crippen LogP contribution < -0.4 is 5.14 Å². The van der Waals surface area contributed by atoms with Gasteiger partial charge in [-0.15, -0.1) is 0 Å². The van der Waals surface area contributed by atoms with Crippen LogP contribution in [0.5, 0.6) is 0 Å². The zero-order valence-electron chi connectivity index (χ0n) is 5.44. The van der Waals surface area contributed by atoms with Crippen molar-refractivity contribution in [2.24, 2.45) is 5.14 Å². The van der Waals surface area contributed by atoms with Crippen molar-refractivity contribution in [2.45, 2.75) is 0 Å². The Labute approximate surface area is 60.2 Å². The molecule has 0 saturated heterocycles. The first-order valence-electron chi connectivity index (χ1n) is 2.39. The molecule has 0 aromatic heterocycles. The van der Waals surface area contributed by atoms with Crippen LogP contribution in [0.4, 0.5) is 0 Å². The van der Waals surface area contributed by atoms with E-state index < -0.39 is 31.4 Å². The van der Waals surface area contributed by atoms with Crippen molar-refractivity contribution < 1.29 is 16.8 Å². The lowest BCUT2D eigenvalue weighted by Crippen LogP contribution is -2.22. The zero-order chi connectivity index (χ0) is 8.41. The first-order valence-corrected chi connectivity index (χ1v) is 6.16. The third-order valence-corrected chi connectivity index (χ3v) is 2.72. The van der Waals surface area contributed by atoms with Gasteiger partial charge in [-0.3, -0.25) is 0 Å². The molecule has 0 heterocycles. The van der Waals surface area contributed by atoms with Gasteiger partial charge in [-0.05, 0) is 0 Å². The molecular formula is C3H9NO4S2. The van der Waals surface area contributed by atoms with Crippen molar-refractivity contribution in [3.63, 3.8) is 0 Å². The van der Waals surface area contributed by atoms with Gasteiger partial charge in [-0.2, -0.15) is 0 Å². The van der Waals surface area contributed by atoms with Gasteiger partial charge >= 0.3 is 0 Å². The van der Waals surface area contributed by atoms with Crippen LogP contribution in [0.15, 0.2) is 0 Å². The van der Waals surface area contributed by atoms with Crippen LogP contribution in [0.1, 0.15) is 0 Å². The van der Waals surface area contributed by atoms with Crippen molar-refractivity contribution in [1.82, 2.24) is 0 Å². The van der Waals surface area contributed by atoms with Crippen molar-refractivity contribution in [1.29, 1.82) is 0 Å². The maximum absolute atomic E-state index is 10.4. The quantitative estimate of drug-likeness (QED) is 0.571. The van der Waals surface area contributed by atoms with E-state index in [4.69, 9.17) is 0 Å². The molecule has 0 atom stereocenters. The average molecular weight is 187 g/mol. The molecule has 0 aliphatic carbocycles. The van der Waals surface area contributed by atoms with Gasteiger partial charge in [0.05, 0.1) is 11.5 Å². The highest BCUT2D eigenvalue weighted by atomic mass is 32.2. The van der Waals surface area contributed by atoms with Gasteiger partial charge in [-0.1, -0.05) is 0 Å². The molecular weight excluding hydrogens is 178 g/mol. The number of sulfonamides is 1. The SMILES string of the molecule is CS(=O)(=O)CCS(N)(=O)=O. The van der Waals surface area contributed by atoms with Crippen LogP contribution in [-0.4, -0.2) is 34.6 Å². The van der Waals surface area contributed by atoms with E-state index >= 15 is 0 Å². The Morgan fingerprint density at radius 3 is 1.60 bits per heavy atom. The lowest BCUT2D eigenvalue weighted by Gasteiger charge is -1.94. The van der Waals surface area contributed by atoms with Gasteiger partial charge in [0.2, 0.25) is 10.0 Å². The lowest BCUT2D eigenvalue weighted by molar-refractivity contribution is 0.591. The summed E-state index contributed by atoms with van der Waals surface area (Å²) in [6.45, 7) is 0. The summed E-state index contributed by atoms with van der Waals surface area (Å²) in [4.78, 5) is 0. The Morgan fingerprint density at radius 2 is 1.50 bits per heavy atom. The molecule has 0 bridgehead atoms. The van der Waals surface area contributed by atoms with E-state index in [1.165, 1.54) is 0 Å². The van der Waals surface area contributed by atoms with E-state index in [1.807, 2.05) is 0 Å². The number of hydrogen-bond donors (Lipinski definition) is 1. The Hall–Kier alpha value is -0.140. The summed E-state index contributed by atoms with van der Waals surface area (Å²) in [5, 5.41) is 4.55. The molecule has 0 rings (SSSR count). The molecule has 7 heteroatoms. The van der Waals surface area contributed by atoms with Gasteiger partial charge in [0.15, 0.2) is 0 Å². The first kappa shape index (κ1) is 9.86. The molecule has 0 spiro atoms. The maximum Gasteiger partial charge on any atom is 0.210 e. The van der Waals surface area contributed by atoms with Crippen LogP contribution in [-0.2, 0) is 19.9 Å². The third-order valence-electron chi connectivity index (χ3n) is 0.739. The van der Waals surface area contributed by atoms with Gasteiger partial charge < -0.3 is 0 Å². The fourth-order valence-electron chi connectivity index (χ4n) is 0.268. The molecule has 0 aliphatic rings. The lowest BCUT2D eigenvalue weighted by atomic mass is 11.0. The normalized spacial score (nSPS) is 13.4. The van der Waals surface area contributed by atoms with Gasteiger partial charge in [0.25, 0.3) is 0 Å². The molecule has 0 saturated carbocycles. The minimum atomic E-state index is -3.64. The molecule has 0 radical (unpaired) electrons. The van der Waals surface area contributed by atoms with Gasteiger partial charge in [0, 0.05) is 6.26 Å². The summed E-state index contributed by atoms with van der Waals surface area (Å²) < 4.78 is 41.1. The Balaban J connectivity index is 4.05. The fraction of sp³-hybridized carbons (Fsp3) is 1.00. The van der Waals surface area contributed by atoms with Crippen molar-refractivity contribution in [3.05, 3.63) is 0 Å². The minimum absolute atomic E-state index is 0.411. The second-order valence-electron chi connectivity index (χ2n) is 2.00. The van der Waals surface area contributed by atoms with Crippen LogP contribution in [0, 0.1) is 0 Å². The first-order chi connectivity index (χ1) is 4.21. The molecule has 0 fully saturated rings. The van der Waals surface area contributed by atoms with Crippen LogP contribution in [0.2, 0.25) is 0 Å². The smallest absolute Gasteiger partial charge is 0.210 e. The van der Waals surface area contributed by atoms with E-state index in [0.717, 1.165) is 6.26 Å². The van der Waals surface area contributed by atoms with Crippen LogP contribution >= 0.6 is 0 Å². The number of primary sulfonamides is 1. The minimum Gasteiger partial charge on any atom is -0.229 e. The molecule has 10 heavy (non-hydrogen) atoms. The molecule has 0 aliphatic heterocycles. The van der Waals surface area contributed by atoms with Gasteiger partial charge in [-0.25, -0.2) is 22.0 Å². The van der Waals surface area contributed by atoms with E-state index in [-0.39, 0.29) is 0 Å². The summed E-state index contributed by atoms with van der Waals surface area (Å²) in [5.74, 6) is -0.919. The summed E-state index contributed by atoms with van der Waals surface area (Å²) in [6.07, 6.45) is 0.957. The van der Waals surface area contributed by atoms with Crippen LogP contribution in [0.25, 0.3) is 0 Å². The number of nitrogens with two attached hydrogens (primary N) is 1. The zero-order valence-corrected chi connectivity index (χ0v) is 7.07. The molecule has 0 amide bonds. The summed E-state index contributed by atoms with van der Waals surface area (Å²) in [6, 6.07) is 0. The van der Waals surface area contributed by atoms with Crippen molar-refractivity contribution in [2.75, 3.05) is 17.8 Å². The maximum atomic E-state index is 10.4. The van der Waals surface area contributed by atoms with Crippen molar-refractivity contribution >= 4 is 19.9 Å². The standard InChI is InChI=1S/C3H9NO4S2/c1-9(5,6)2-3-10(4,7)8/h2-3H2,1H3,(H2,4,7,8). The second-order valence-corrected chi connectivity index (χ2v) is 5.99. The summed E-state index contributed by atoms with van der Waals surface area (Å²) in [7, 11) is -6.85. The number of rotatable bonds is 3. The molecule has 0 unspecified atom stereocenters. The Bertz CT molecular complexity index is 254. The molecule has 5 nitrogen and oxygen atoms in total. The van der Waals surface area contributed by atoms with E-state index in [9.17, 15) is 16.8 Å². The summed E-state index contributed by atoms with van der Waals surface area (Å²) >= 11 is 0. The highest BCUT2D eigenvalue weighted by molar-refractivity contribution is 7.93. The topological polar surface area (TPSA) is 94.3 Å². The molecule has 62 valence electrons. The van der Waals surface area contributed by atoms with E-state index in [0.29, 0.717) is 0 Å². The Kier molecular flexibility index (Phi) is 2.81. The molecule has 0 aromatic rings. The monoisotopic (exact) mass is 187 g/mol. The van der Waals surface area contributed by atoms with E-state index in [1.54, 1.807) is 0 Å². The average Bonchev–Trinajstić information content (AvgIpc) is 1.57. The molecule has 2 N–H and O–H groups in total. The third kappa shape index (κ3) is 7.86. The molecule has 0 aromatic carbocycles. The highest BCUT2D eigenvalue weighted by Gasteiger charge is 2.08. The van der Waals surface area contributed by atoms with Crippen LogP contribution in [0.3, 0.4) is 0 Å². The van der Waals surface area contributed by atoms with Gasteiger partial charge in [0.1, 0.15) is 9.84 Å². The predicted molar refractivity (Wildman–Crippen MR) is 37.7 cm³/mol. The van der Waals surface area contributed by atoms with Crippen molar-refractivity contribution in [3.8, 4) is 0 Å². The largest absolute Gasteiger partial charge is 0.229 e. The van der Waals surface area contributed by atoms with E-state index in [2.05, 4.69) is 5.14 Å². The highest BCUT2D eigenvalue weighted by Crippen LogP contribution is 1.85. The Morgan fingerprint density at radius 1 is 1.10 bits per heavy atom. The number of hydrogen-bond acceptors (Lipinski definition) is 4. The predicted octanol–water partition coefficient (Wildman–Crippen LogP) is -1.68. The second kappa shape index (κ2) is 2.85. The summed E-state index contributed by atoms with van der Waals surface area (Å²) in [5.41, 5.74) is 0. The fourth-order valence-corrected chi connectivity index (χ4v) is 2.41.